The largest absolute Gasteiger partial charge is 0.591 e. The van der Waals surface area contributed by atoms with Crippen molar-refractivity contribution in [2.24, 2.45) is 0 Å². The second-order valence-corrected chi connectivity index (χ2v) is 5.04. The number of hydrogen-bond donors (Lipinski definition) is 3. The molecule has 2 aromatic rings. The number of thiophene rings is 1. The van der Waals surface area contributed by atoms with E-state index in [1.54, 1.807) is 18.2 Å². The van der Waals surface area contributed by atoms with Gasteiger partial charge in [-0.25, -0.2) is 0 Å². The fourth-order valence-electron chi connectivity index (χ4n) is 1.70. The molecule has 0 aliphatic heterocycles. The molecule has 23 heavy (non-hydrogen) atoms. The topological polar surface area (TPSA) is 139 Å². The molecule has 7 N–H and O–H groups in total. The number of benzene rings is 1. The molecule has 1 heterocycles. The molecular weight excluding hydrogens is 359 g/mol. The maximum Gasteiger partial charge on any atom is 0.161 e. The van der Waals surface area contributed by atoms with Gasteiger partial charge in [0.25, 0.3) is 0 Å². The van der Waals surface area contributed by atoms with Crippen molar-refractivity contribution < 1.29 is 44.5 Å². The van der Waals surface area contributed by atoms with Crippen LogP contribution in [0, 0.1) is 0 Å². The second-order valence-electron chi connectivity index (χ2n) is 4.06. The number of aliphatic hydroxyl groups excluding tert-OH is 1. The molecule has 0 aliphatic rings. The Kier molecular flexibility index (Phi) is 13.0. The van der Waals surface area contributed by atoms with Gasteiger partial charge in [0.05, 0.1) is 6.61 Å². The first kappa shape index (κ1) is 24.2. The van der Waals surface area contributed by atoms with Gasteiger partial charge in [0, 0.05) is 23.4 Å². The number of para-hydroxylation sites is 1. The minimum Gasteiger partial charge on any atom is -0.591 e. The van der Waals surface area contributed by atoms with Gasteiger partial charge in [0.2, 0.25) is 0 Å². The van der Waals surface area contributed by atoms with Crippen LogP contribution in [0.4, 0.5) is 0 Å². The van der Waals surface area contributed by atoms with E-state index in [4.69, 9.17) is 4.74 Å². The quantitative estimate of drug-likeness (QED) is 0.492. The molecule has 1 aromatic carbocycles. The van der Waals surface area contributed by atoms with E-state index < -0.39 is 6.23 Å². The molecule has 1 radical (unpaired) electrons. The molecule has 0 bridgehead atoms. The summed E-state index contributed by atoms with van der Waals surface area (Å²) in [5, 5.41) is 21.7. The Morgan fingerprint density at radius 3 is 2.61 bits per heavy atom. The van der Waals surface area contributed by atoms with Crippen LogP contribution in [0.2, 0.25) is 0 Å². The van der Waals surface area contributed by atoms with Gasteiger partial charge >= 0.3 is 0 Å². The predicted molar refractivity (Wildman–Crippen MR) is 86.0 cm³/mol. The Balaban J connectivity index is 0. The summed E-state index contributed by atoms with van der Waals surface area (Å²) >= 11 is 1.45. The van der Waals surface area contributed by atoms with Gasteiger partial charge < -0.3 is 36.8 Å². The molecule has 0 fully saturated rings. The third-order valence-electron chi connectivity index (χ3n) is 2.66. The van der Waals surface area contributed by atoms with Gasteiger partial charge in [0.15, 0.2) is 11.5 Å². The SMILES string of the molecule is CCOc1cccc(C[N-]NC(O)c2cccs2)c1O.O.O.[V]. The molecule has 0 amide bonds. The molecule has 7 nitrogen and oxygen atoms in total. The smallest absolute Gasteiger partial charge is 0.161 e. The summed E-state index contributed by atoms with van der Waals surface area (Å²) in [7, 11) is 0. The molecule has 0 saturated carbocycles. The van der Waals surface area contributed by atoms with Crippen molar-refractivity contribution in [2.45, 2.75) is 19.7 Å². The van der Waals surface area contributed by atoms with Crippen LogP contribution in [0.25, 0.3) is 5.43 Å². The zero-order valence-corrected chi connectivity index (χ0v) is 14.8. The standard InChI is InChI=1S/C14H17N2O3S.2H2O.V/c1-2-19-11-6-3-5-10(13(11)17)9-15-16-14(18)12-7-4-8-20-12;;;/h3-8,14,16-18H,2,9H2,1H3;2*1H2;/q-1;;;. The predicted octanol–water partition coefficient (Wildman–Crippen LogP) is 1.27. The number of nitrogens with zero attached hydrogens (tertiary/aromatic N) is 1. The Bertz CT molecular complexity index is 542. The van der Waals surface area contributed by atoms with Gasteiger partial charge in [-0.2, -0.15) is 0 Å². The minimum absolute atomic E-state index is 0. The molecular formula is C14H21N2O5SV-. The number of rotatable bonds is 7. The van der Waals surface area contributed by atoms with E-state index in [9.17, 15) is 10.2 Å². The first-order valence-corrected chi connectivity index (χ1v) is 7.17. The Morgan fingerprint density at radius 2 is 2.00 bits per heavy atom. The van der Waals surface area contributed by atoms with Crippen LogP contribution < -0.4 is 10.2 Å². The third kappa shape index (κ3) is 6.90. The summed E-state index contributed by atoms with van der Waals surface area (Å²) in [6, 6.07) is 8.95. The van der Waals surface area contributed by atoms with E-state index in [1.165, 1.54) is 11.3 Å². The summed E-state index contributed by atoms with van der Waals surface area (Å²) in [6.45, 7) is 2.59. The maximum absolute atomic E-state index is 10.00. The average molecular weight is 380 g/mol. The zero-order valence-electron chi connectivity index (χ0n) is 12.6. The number of aliphatic hydroxyl groups is 1. The van der Waals surface area contributed by atoms with Crippen LogP contribution >= 0.6 is 11.3 Å². The van der Waals surface area contributed by atoms with E-state index in [0.717, 1.165) is 4.88 Å². The minimum atomic E-state index is -0.827. The van der Waals surface area contributed by atoms with Gasteiger partial charge in [-0.15, -0.1) is 17.9 Å². The van der Waals surface area contributed by atoms with E-state index in [-0.39, 0.29) is 41.8 Å². The fraction of sp³-hybridized carbons (Fsp3) is 0.286. The fourth-order valence-corrected chi connectivity index (χ4v) is 2.35. The Morgan fingerprint density at radius 1 is 1.26 bits per heavy atom. The van der Waals surface area contributed by atoms with Crippen molar-refractivity contribution >= 4 is 11.3 Å². The molecule has 1 unspecified atom stereocenters. The van der Waals surface area contributed by atoms with Gasteiger partial charge in [-0.3, -0.25) is 0 Å². The zero-order chi connectivity index (χ0) is 14.4. The molecule has 1 aromatic heterocycles. The molecule has 9 heteroatoms. The normalized spacial score (nSPS) is 10.7. The number of phenols is 1. The average Bonchev–Trinajstić information content (AvgIpc) is 2.97. The van der Waals surface area contributed by atoms with Crippen molar-refractivity contribution in [3.63, 3.8) is 0 Å². The number of ether oxygens (including phenoxy) is 1. The monoisotopic (exact) mass is 380 g/mol. The van der Waals surface area contributed by atoms with Crippen molar-refractivity contribution in [1.82, 2.24) is 5.43 Å². The second kappa shape index (κ2) is 12.3. The first-order valence-electron chi connectivity index (χ1n) is 6.29. The first-order chi connectivity index (χ1) is 9.72. The number of nitrogens with one attached hydrogen (secondary N) is 1. The van der Waals surface area contributed by atoms with Crippen molar-refractivity contribution in [3.8, 4) is 11.5 Å². The third-order valence-corrected chi connectivity index (χ3v) is 3.58. The van der Waals surface area contributed by atoms with Crippen LogP contribution in [0.1, 0.15) is 23.6 Å². The summed E-state index contributed by atoms with van der Waals surface area (Å²) in [5.41, 5.74) is 7.34. The van der Waals surface area contributed by atoms with Crippen molar-refractivity contribution in [3.05, 3.63) is 51.6 Å². The van der Waals surface area contributed by atoms with Crippen LogP contribution in [0.5, 0.6) is 11.5 Å². The Hall–Kier alpha value is -1.10. The summed E-state index contributed by atoms with van der Waals surface area (Å²) in [4.78, 5) is 0.793. The molecule has 1 atom stereocenters. The molecule has 0 spiro atoms. The van der Waals surface area contributed by atoms with Crippen LogP contribution in [-0.2, 0) is 25.1 Å². The number of aromatic hydroxyl groups is 1. The van der Waals surface area contributed by atoms with E-state index in [0.29, 0.717) is 17.9 Å². The van der Waals surface area contributed by atoms with Gasteiger partial charge in [0.1, 0.15) is 6.23 Å². The van der Waals surface area contributed by atoms with E-state index >= 15 is 0 Å². The summed E-state index contributed by atoms with van der Waals surface area (Å²) in [5.74, 6) is 0.532. The van der Waals surface area contributed by atoms with Crippen LogP contribution in [-0.4, -0.2) is 27.8 Å². The van der Waals surface area contributed by atoms with E-state index in [2.05, 4.69) is 10.9 Å². The van der Waals surface area contributed by atoms with Crippen LogP contribution in [0.15, 0.2) is 35.7 Å². The Labute approximate surface area is 150 Å². The molecule has 129 valence electrons. The van der Waals surface area contributed by atoms with E-state index in [1.807, 2.05) is 24.4 Å². The number of hydrogen-bond acceptors (Lipinski definition) is 5. The maximum atomic E-state index is 10.00. The number of phenolic OH excluding ortho intramolecular Hbond substituents is 1. The molecule has 2 rings (SSSR count). The van der Waals surface area contributed by atoms with Gasteiger partial charge in [-0.1, -0.05) is 18.2 Å². The summed E-state index contributed by atoms with van der Waals surface area (Å²) in [6.07, 6.45) is -0.827. The molecule has 0 saturated heterocycles. The van der Waals surface area contributed by atoms with Gasteiger partial charge in [-0.05, 0) is 30.0 Å². The van der Waals surface area contributed by atoms with Crippen molar-refractivity contribution in [2.75, 3.05) is 6.61 Å². The summed E-state index contributed by atoms with van der Waals surface area (Å²) < 4.78 is 5.30. The van der Waals surface area contributed by atoms with Crippen molar-refractivity contribution in [1.29, 1.82) is 0 Å². The van der Waals surface area contributed by atoms with Crippen LogP contribution in [0.3, 0.4) is 0 Å². The molecule has 0 aliphatic carbocycles.